The fraction of sp³-hybridized carbons (Fsp3) is 0.333. The highest BCUT2D eigenvalue weighted by Crippen LogP contribution is 2.19. The van der Waals surface area contributed by atoms with E-state index in [1.807, 2.05) is 31.2 Å². The molecule has 0 aliphatic carbocycles. The van der Waals surface area contributed by atoms with Crippen LogP contribution in [0.3, 0.4) is 0 Å². The van der Waals surface area contributed by atoms with Crippen LogP contribution in [-0.4, -0.2) is 5.11 Å². The van der Waals surface area contributed by atoms with Gasteiger partial charge in [0.25, 0.3) is 0 Å². The van der Waals surface area contributed by atoms with Gasteiger partial charge in [-0.25, -0.2) is 0 Å². The standard InChI is InChI=1S/C12H16O/c1-4-10-5-7-11(8-6-10)12(13)9(2)3/h5-8,12-13H,2,4H2,1,3H3. The average Bonchev–Trinajstić information content (AvgIpc) is 2.17. The summed E-state index contributed by atoms with van der Waals surface area (Å²) in [5.74, 6) is 0. The van der Waals surface area contributed by atoms with Crippen molar-refractivity contribution in [1.82, 2.24) is 0 Å². The second kappa shape index (κ2) is 4.24. The summed E-state index contributed by atoms with van der Waals surface area (Å²) >= 11 is 0. The van der Waals surface area contributed by atoms with Crippen LogP contribution in [0.15, 0.2) is 36.4 Å². The molecule has 0 aliphatic heterocycles. The number of hydrogen-bond donors (Lipinski definition) is 1. The van der Waals surface area contributed by atoms with Crippen LogP contribution in [-0.2, 0) is 6.42 Å². The molecule has 0 radical (unpaired) electrons. The van der Waals surface area contributed by atoms with E-state index in [0.29, 0.717) is 0 Å². The maximum Gasteiger partial charge on any atom is 0.0995 e. The molecule has 1 aromatic rings. The lowest BCUT2D eigenvalue weighted by Crippen LogP contribution is -1.97. The highest BCUT2D eigenvalue weighted by Gasteiger charge is 2.06. The van der Waals surface area contributed by atoms with Crippen molar-refractivity contribution in [2.75, 3.05) is 0 Å². The molecule has 0 saturated heterocycles. The van der Waals surface area contributed by atoms with Crippen molar-refractivity contribution in [1.29, 1.82) is 0 Å². The molecule has 1 N–H and O–H groups in total. The molecule has 1 rings (SSSR count). The number of aliphatic hydroxyl groups excluding tert-OH is 1. The first-order valence-electron chi connectivity index (χ1n) is 4.57. The fourth-order valence-electron chi connectivity index (χ4n) is 1.22. The highest BCUT2D eigenvalue weighted by molar-refractivity contribution is 5.27. The van der Waals surface area contributed by atoms with Crippen molar-refractivity contribution in [3.05, 3.63) is 47.5 Å². The third-order valence-corrected chi connectivity index (χ3v) is 2.17. The Hall–Kier alpha value is -1.08. The second-order valence-corrected chi connectivity index (χ2v) is 3.34. The zero-order valence-electron chi connectivity index (χ0n) is 8.25. The van der Waals surface area contributed by atoms with E-state index in [-0.39, 0.29) is 0 Å². The smallest absolute Gasteiger partial charge is 0.0995 e. The molecule has 0 saturated carbocycles. The van der Waals surface area contributed by atoms with Crippen molar-refractivity contribution in [3.63, 3.8) is 0 Å². The van der Waals surface area contributed by atoms with E-state index in [0.717, 1.165) is 17.6 Å². The minimum absolute atomic E-state index is 0.522. The van der Waals surface area contributed by atoms with Crippen LogP contribution in [0.1, 0.15) is 31.1 Å². The van der Waals surface area contributed by atoms with Crippen LogP contribution in [0.2, 0.25) is 0 Å². The summed E-state index contributed by atoms with van der Waals surface area (Å²) in [6.45, 7) is 7.67. The molecule has 0 spiro atoms. The van der Waals surface area contributed by atoms with Crippen LogP contribution in [0.5, 0.6) is 0 Å². The van der Waals surface area contributed by atoms with E-state index in [9.17, 15) is 5.11 Å². The molecular formula is C12H16O. The Bertz CT molecular complexity index is 284. The summed E-state index contributed by atoms with van der Waals surface area (Å²) in [5.41, 5.74) is 2.99. The zero-order valence-corrected chi connectivity index (χ0v) is 8.25. The number of hydrogen-bond acceptors (Lipinski definition) is 1. The molecule has 1 unspecified atom stereocenters. The molecular weight excluding hydrogens is 160 g/mol. The van der Waals surface area contributed by atoms with Gasteiger partial charge in [-0.1, -0.05) is 37.8 Å². The predicted octanol–water partition coefficient (Wildman–Crippen LogP) is 2.86. The van der Waals surface area contributed by atoms with Gasteiger partial charge in [-0.3, -0.25) is 0 Å². The SMILES string of the molecule is C=C(C)C(O)c1ccc(CC)cc1. The Morgan fingerprint density at radius 3 is 2.31 bits per heavy atom. The first-order valence-corrected chi connectivity index (χ1v) is 4.57. The topological polar surface area (TPSA) is 20.2 Å². The number of aryl methyl sites for hydroxylation is 1. The molecule has 0 aromatic heterocycles. The van der Waals surface area contributed by atoms with Crippen molar-refractivity contribution >= 4 is 0 Å². The number of benzene rings is 1. The lowest BCUT2D eigenvalue weighted by molar-refractivity contribution is 0.216. The Kier molecular flexibility index (Phi) is 3.26. The Morgan fingerprint density at radius 2 is 1.92 bits per heavy atom. The summed E-state index contributed by atoms with van der Waals surface area (Å²) < 4.78 is 0. The summed E-state index contributed by atoms with van der Waals surface area (Å²) in [4.78, 5) is 0. The van der Waals surface area contributed by atoms with E-state index in [4.69, 9.17) is 0 Å². The Morgan fingerprint density at radius 1 is 1.38 bits per heavy atom. The average molecular weight is 176 g/mol. The largest absolute Gasteiger partial charge is 0.384 e. The summed E-state index contributed by atoms with van der Waals surface area (Å²) in [7, 11) is 0. The van der Waals surface area contributed by atoms with Gasteiger partial charge in [0.05, 0.1) is 6.10 Å². The Balaban J connectivity index is 2.85. The fourth-order valence-corrected chi connectivity index (χ4v) is 1.22. The van der Waals surface area contributed by atoms with Crippen LogP contribution in [0.4, 0.5) is 0 Å². The third kappa shape index (κ3) is 2.43. The number of rotatable bonds is 3. The van der Waals surface area contributed by atoms with Crippen LogP contribution < -0.4 is 0 Å². The molecule has 0 aliphatic rings. The second-order valence-electron chi connectivity index (χ2n) is 3.34. The molecule has 1 aromatic carbocycles. The van der Waals surface area contributed by atoms with Crippen LogP contribution >= 0.6 is 0 Å². The van der Waals surface area contributed by atoms with Crippen LogP contribution in [0.25, 0.3) is 0 Å². The van der Waals surface area contributed by atoms with E-state index < -0.39 is 6.10 Å². The first-order chi connectivity index (χ1) is 6.15. The van der Waals surface area contributed by atoms with Gasteiger partial charge in [0.15, 0.2) is 0 Å². The molecule has 0 fully saturated rings. The van der Waals surface area contributed by atoms with E-state index >= 15 is 0 Å². The molecule has 0 heterocycles. The van der Waals surface area contributed by atoms with Gasteiger partial charge in [-0.2, -0.15) is 0 Å². The molecule has 70 valence electrons. The van der Waals surface area contributed by atoms with Crippen molar-refractivity contribution in [3.8, 4) is 0 Å². The van der Waals surface area contributed by atoms with E-state index in [1.54, 1.807) is 0 Å². The summed E-state index contributed by atoms with van der Waals surface area (Å²) in [6, 6.07) is 8.00. The van der Waals surface area contributed by atoms with Gasteiger partial charge in [0, 0.05) is 0 Å². The van der Waals surface area contributed by atoms with Crippen LogP contribution in [0, 0.1) is 0 Å². The molecule has 1 atom stereocenters. The highest BCUT2D eigenvalue weighted by atomic mass is 16.3. The van der Waals surface area contributed by atoms with Gasteiger partial charge in [-0.05, 0) is 30.0 Å². The minimum atomic E-state index is -0.522. The molecule has 0 amide bonds. The lowest BCUT2D eigenvalue weighted by atomic mass is 10.0. The van der Waals surface area contributed by atoms with Gasteiger partial charge in [0.2, 0.25) is 0 Å². The Labute approximate surface area is 79.7 Å². The van der Waals surface area contributed by atoms with Crippen molar-refractivity contribution < 1.29 is 5.11 Å². The van der Waals surface area contributed by atoms with Gasteiger partial charge in [-0.15, -0.1) is 0 Å². The van der Waals surface area contributed by atoms with Gasteiger partial charge < -0.3 is 5.11 Å². The van der Waals surface area contributed by atoms with E-state index in [2.05, 4.69) is 13.5 Å². The molecule has 13 heavy (non-hydrogen) atoms. The third-order valence-electron chi connectivity index (χ3n) is 2.17. The molecule has 0 bridgehead atoms. The number of aliphatic hydroxyl groups is 1. The molecule has 1 heteroatoms. The van der Waals surface area contributed by atoms with Gasteiger partial charge in [0.1, 0.15) is 0 Å². The van der Waals surface area contributed by atoms with Gasteiger partial charge >= 0.3 is 0 Å². The lowest BCUT2D eigenvalue weighted by Gasteiger charge is -2.10. The van der Waals surface area contributed by atoms with Crippen molar-refractivity contribution in [2.24, 2.45) is 0 Å². The van der Waals surface area contributed by atoms with Crippen molar-refractivity contribution in [2.45, 2.75) is 26.4 Å². The summed E-state index contributed by atoms with van der Waals surface area (Å²) in [5, 5.41) is 9.66. The first kappa shape index (κ1) is 10.0. The minimum Gasteiger partial charge on any atom is -0.384 e. The maximum atomic E-state index is 9.66. The zero-order chi connectivity index (χ0) is 9.84. The maximum absolute atomic E-state index is 9.66. The molecule has 1 nitrogen and oxygen atoms in total. The summed E-state index contributed by atoms with van der Waals surface area (Å²) in [6.07, 6.45) is 0.509. The monoisotopic (exact) mass is 176 g/mol. The van der Waals surface area contributed by atoms with E-state index in [1.165, 1.54) is 5.56 Å². The normalized spacial score (nSPS) is 12.5. The predicted molar refractivity (Wildman–Crippen MR) is 55.6 cm³/mol. The quantitative estimate of drug-likeness (QED) is 0.702.